The van der Waals surface area contributed by atoms with E-state index in [1.807, 2.05) is 30.3 Å². The van der Waals surface area contributed by atoms with E-state index < -0.39 is 0 Å². The van der Waals surface area contributed by atoms with Crippen molar-refractivity contribution >= 4 is 5.78 Å². The number of carbonyl (C=O) groups excluding carboxylic acids is 1. The van der Waals surface area contributed by atoms with Crippen LogP contribution in [0.3, 0.4) is 0 Å². The maximum absolute atomic E-state index is 11.9. The highest BCUT2D eigenvalue weighted by Gasteiger charge is 2.11. The molecule has 1 heterocycles. The number of carbonyl (C=O) groups is 1. The number of rotatable bonds is 6. The van der Waals surface area contributed by atoms with Gasteiger partial charge in [0.15, 0.2) is 0 Å². The molecule has 0 aliphatic carbocycles. The Kier molecular flexibility index (Phi) is 4.41. The average Bonchev–Trinajstić information content (AvgIpc) is 2.82. The van der Waals surface area contributed by atoms with Crippen molar-refractivity contribution in [1.29, 1.82) is 0 Å². The molecule has 2 rings (SSSR count). The SMILES string of the molecule is Cn1ncnc1CC(=O)CCC(N)c1ccccc1. The lowest BCUT2D eigenvalue weighted by atomic mass is 10.0. The predicted octanol–water partition coefficient (Wildman–Crippen LogP) is 1.41. The Morgan fingerprint density at radius 1 is 1.37 bits per heavy atom. The third-order valence-corrected chi connectivity index (χ3v) is 3.12. The molecule has 0 saturated carbocycles. The number of nitrogens with two attached hydrogens (primary N) is 1. The van der Waals surface area contributed by atoms with E-state index in [1.54, 1.807) is 11.7 Å². The molecule has 0 bridgehead atoms. The van der Waals surface area contributed by atoms with Gasteiger partial charge in [-0.3, -0.25) is 9.48 Å². The van der Waals surface area contributed by atoms with E-state index in [0.717, 1.165) is 5.56 Å². The van der Waals surface area contributed by atoms with E-state index in [9.17, 15) is 4.79 Å². The lowest BCUT2D eigenvalue weighted by Gasteiger charge is -2.11. The van der Waals surface area contributed by atoms with Gasteiger partial charge < -0.3 is 5.73 Å². The molecule has 0 fully saturated rings. The number of hydrogen-bond donors (Lipinski definition) is 1. The van der Waals surface area contributed by atoms with Gasteiger partial charge >= 0.3 is 0 Å². The fourth-order valence-corrected chi connectivity index (χ4v) is 1.93. The van der Waals surface area contributed by atoms with E-state index in [-0.39, 0.29) is 11.8 Å². The van der Waals surface area contributed by atoms with Crippen molar-refractivity contribution in [2.45, 2.75) is 25.3 Å². The normalized spacial score (nSPS) is 12.3. The molecule has 5 nitrogen and oxygen atoms in total. The van der Waals surface area contributed by atoms with Gasteiger partial charge in [-0.05, 0) is 12.0 Å². The fourth-order valence-electron chi connectivity index (χ4n) is 1.93. The molecular weight excluding hydrogens is 240 g/mol. The molecule has 1 aromatic carbocycles. The van der Waals surface area contributed by atoms with Crippen LogP contribution in [0.1, 0.15) is 30.3 Å². The molecule has 100 valence electrons. The lowest BCUT2D eigenvalue weighted by Crippen LogP contribution is -2.14. The summed E-state index contributed by atoms with van der Waals surface area (Å²) >= 11 is 0. The Morgan fingerprint density at radius 3 is 2.74 bits per heavy atom. The monoisotopic (exact) mass is 258 g/mol. The largest absolute Gasteiger partial charge is 0.324 e. The van der Waals surface area contributed by atoms with E-state index >= 15 is 0 Å². The second-order valence-corrected chi connectivity index (χ2v) is 4.57. The van der Waals surface area contributed by atoms with Crippen molar-refractivity contribution in [2.24, 2.45) is 12.8 Å². The second-order valence-electron chi connectivity index (χ2n) is 4.57. The summed E-state index contributed by atoms with van der Waals surface area (Å²) in [6, 6.07) is 9.74. The van der Waals surface area contributed by atoms with Crippen LogP contribution in [0.2, 0.25) is 0 Å². The third-order valence-electron chi connectivity index (χ3n) is 3.12. The topological polar surface area (TPSA) is 73.8 Å². The number of aryl methyl sites for hydroxylation is 1. The molecule has 0 radical (unpaired) electrons. The molecule has 0 spiro atoms. The average molecular weight is 258 g/mol. The summed E-state index contributed by atoms with van der Waals surface area (Å²) < 4.78 is 1.62. The van der Waals surface area contributed by atoms with Crippen LogP contribution in [0, 0.1) is 0 Å². The van der Waals surface area contributed by atoms with Crippen molar-refractivity contribution in [1.82, 2.24) is 14.8 Å². The van der Waals surface area contributed by atoms with Crippen LogP contribution in [-0.4, -0.2) is 20.5 Å². The number of nitrogens with zero attached hydrogens (tertiary/aromatic N) is 3. The molecule has 5 heteroatoms. The van der Waals surface area contributed by atoms with Crippen molar-refractivity contribution < 1.29 is 4.79 Å². The van der Waals surface area contributed by atoms with Gasteiger partial charge in [0.1, 0.15) is 17.9 Å². The van der Waals surface area contributed by atoms with Crippen LogP contribution in [0.25, 0.3) is 0 Å². The zero-order valence-electron chi connectivity index (χ0n) is 11.0. The minimum Gasteiger partial charge on any atom is -0.324 e. The van der Waals surface area contributed by atoms with Gasteiger partial charge in [-0.1, -0.05) is 30.3 Å². The maximum atomic E-state index is 11.9. The maximum Gasteiger partial charge on any atom is 0.140 e. The van der Waals surface area contributed by atoms with Crippen LogP contribution in [0.4, 0.5) is 0 Å². The summed E-state index contributed by atoms with van der Waals surface area (Å²) in [4.78, 5) is 15.9. The predicted molar refractivity (Wildman–Crippen MR) is 72.3 cm³/mol. The summed E-state index contributed by atoms with van der Waals surface area (Å²) in [5.41, 5.74) is 7.13. The third kappa shape index (κ3) is 3.72. The second kappa shape index (κ2) is 6.24. The number of benzene rings is 1. The van der Waals surface area contributed by atoms with Gasteiger partial charge in [0.25, 0.3) is 0 Å². The van der Waals surface area contributed by atoms with E-state index in [0.29, 0.717) is 25.1 Å². The number of Topliss-reactive ketones (excluding diaryl/α,β-unsaturated/α-hetero) is 1. The molecule has 2 N–H and O–H groups in total. The molecule has 0 aliphatic rings. The van der Waals surface area contributed by atoms with Crippen LogP contribution in [-0.2, 0) is 18.3 Å². The minimum absolute atomic E-state index is 0.0929. The Balaban J connectivity index is 1.82. The summed E-state index contributed by atoms with van der Waals surface area (Å²) in [6.07, 6.45) is 2.89. The minimum atomic E-state index is -0.0929. The Hall–Kier alpha value is -2.01. The highest BCUT2D eigenvalue weighted by Crippen LogP contribution is 2.15. The quantitative estimate of drug-likeness (QED) is 0.850. The molecule has 0 aliphatic heterocycles. The zero-order valence-corrected chi connectivity index (χ0v) is 11.0. The van der Waals surface area contributed by atoms with E-state index in [4.69, 9.17) is 5.73 Å². The first kappa shape index (κ1) is 13.4. The van der Waals surface area contributed by atoms with Gasteiger partial charge in [0.05, 0.1) is 6.42 Å². The van der Waals surface area contributed by atoms with E-state index in [1.165, 1.54) is 6.33 Å². The van der Waals surface area contributed by atoms with Crippen molar-refractivity contribution in [2.75, 3.05) is 0 Å². The fraction of sp³-hybridized carbons (Fsp3) is 0.357. The van der Waals surface area contributed by atoms with Crippen molar-refractivity contribution in [3.05, 3.63) is 48.0 Å². The van der Waals surface area contributed by atoms with Crippen LogP contribution in [0.5, 0.6) is 0 Å². The van der Waals surface area contributed by atoms with Crippen molar-refractivity contribution in [3.8, 4) is 0 Å². The summed E-state index contributed by atoms with van der Waals surface area (Å²) in [5, 5.41) is 3.94. The molecule has 1 atom stereocenters. The number of aromatic nitrogens is 3. The lowest BCUT2D eigenvalue weighted by molar-refractivity contribution is -0.118. The van der Waals surface area contributed by atoms with Gasteiger partial charge in [0, 0.05) is 19.5 Å². The molecular formula is C14H18N4O. The van der Waals surface area contributed by atoms with Gasteiger partial charge in [-0.25, -0.2) is 4.98 Å². The van der Waals surface area contributed by atoms with Crippen molar-refractivity contribution in [3.63, 3.8) is 0 Å². The molecule has 19 heavy (non-hydrogen) atoms. The van der Waals surface area contributed by atoms with Crippen LogP contribution >= 0.6 is 0 Å². The first-order chi connectivity index (χ1) is 9.16. The molecule has 1 unspecified atom stereocenters. The smallest absolute Gasteiger partial charge is 0.140 e. The van der Waals surface area contributed by atoms with Crippen LogP contribution in [0.15, 0.2) is 36.7 Å². The number of hydrogen-bond acceptors (Lipinski definition) is 4. The molecule has 0 saturated heterocycles. The molecule has 2 aromatic rings. The van der Waals surface area contributed by atoms with Gasteiger partial charge in [0.2, 0.25) is 0 Å². The van der Waals surface area contributed by atoms with Gasteiger partial charge in [-0.2, -0.15) is 5.10 Å². The summed E-state index contributed by atoms with van der Waals surface area (Å²) in [7, 11) is 1.78. The molecule has 0 amide bonds. The number of ketones is 1. The van der Waals surface area contributed by atoms with Gasteiger partial charge in [-0.15, -0.1) is 0 Å². The first-order valence-corrected chi connectivity index (χ1v) is 6.32. The Morgan fingerprint density at radius 2 is 2.11 bits per heavy atom. The van der Waals surface area contributed by atoms with Crippen LogP contribution < -0.4 is 5.73 Å². The standard InChI is InChI=1S/C14H18N4O/c1-18-14(16-10-17-18)9-12(19)7-8-13(15)11-5-3-2-4-6-11/h2-6,10,13H,7-9,15H2,1H3. The first-order valence-electron chi connectivity index (χ1n) is 6.32. The Bertz CT molecular complexity index is 535. The zero-order chi connectivity index (χ0) is 13.7. The summed E-state index contributed by atoms with van der Waals surface area (Å²) in [5.74, 6) is 0.834. The Labute approximate surface area is 112 Å². The summed E-state index contributed by atoms with van der Waals surface area (Å²) in [6.45, 7) is 0. The molecule has 1 aromatic heterocycles. The highest BCUT2D eigenvalue weighted by atomic mass is 16.1. The van der Waals surface area contributed by atoms with E-state index in [2.05, 4.69) is 10.1 Å². The highest BCUT2D eigenvalue weighted by molar-refractivity contribution is 5.80.